The number of nitrogens with zero attached hydrogens (tertiary/aromatic N) is 4. The van der Waals surface area contributed by atoms with Crippen LogP contribution >= 0.6 is 0 Å². The van der Waals surface area contributed by atoms with Crippen molar-refractivity contribution in [1.82, 2.24) is 19.8 Å². The summed E-state index contributed by atoms with van der Waals surface area (Å²) in [5, 5.41) is 1.56. The predicted molar refractivity (Wildman–Crippen MR) is 98.6 cm³/mol. The maximum atomic E-state index is 14.3. The predicted octanol–water partition coefficient (Wildman–Crippen LogP) is 2.74. The summed E-state index contributed by atoms with van der Waals surface area (Å²) < 4.78 is 28.6. The molecule has 3 heterocycles. The second-order valence-corrected chi connectivity index (χ2v) is 6.99. The van der Waals surface area contributed by atoms with Crippen LogP contribution in [0.5, 0.6) is 0 Å². The topological polar surface area (TPSA) is 39.3 Å². The summed E-state index contributed by atoms with van der Waals surface area (Å²) in [6.07, 6.45) is 3.54. The van der Waals surface area contributed by atoms with Crippen molar-refractivity contribution >= 4 is 5.91 Å². The van der Waals surface area contributed by atoms with E-state index in [9.17, 15) is 13.6 Å². The highest BCUT2D eigenvalue weighted by Crippen LogP contribution is 2.38. The van der Waals surface area contributed by atoms with E-state index in [0.29, 0.717) is 18.1 Å². The Morgan fingerprint density at radius 3 is 2.57 bits per heavy atom. The summed E-state index contributed by atoms with van der Waals surface area (Å²) in [6.45, 7) is 5.67. The standard InChI is InChI=1S/C20H22F2N4O2/c1-4-23-9-13(2)8-17-19(23)26-12-24(28-3)11-18(26)20(27)25(17)10-14-15(21)6-5-7-16(14)22/h5-8,11H,4,9-10,12H2,1-3H3. The van der Waals surface area contributed by atoms with Gasteiger partial charge in [-0.2, -0.15) is 0 Å². The Labute approximate surface area is 162 Å². The third-order valence-corrected chi connectivity index (χ3v) is 5.19. The van der Waals surface area contributed by atoms with Gasteiger partial charge in [0.15, 0.2) is 0 Å². The van der Waals surface area contributed by atoms with Crippen LogP contribution in [-0.2, 0) is 16.2 Å². The summed E-state index contributed by atoms with van der Waals surface area (Å²) >= 11 is 0. The van der Waals surface area contributed by atoms with Gasteiger partial charge >= 0.3 is 0 Å². The minimum atomic E-state index is -0.667. The number of halogens is 2. The average molecular weight is 388 g/mol. The third kappa shape index (κ3) is 2.84. The van der Waals surface area contributed by atoms with Crippen molar-refractivity contribution in [3.05, 3.63) is 70.5 Å². The van der Waals surface area contributed by atoms with Crippen LogP contribution in [0.25, 0.3) is 0 Å². The first-order valence-corrected chi connectivity index (χ1v) is 9.15. The SMILES string of the molecule is CCN1CC(C)=CC2=C1N1CN(OC)C=C1C(=O)N2Cc1c(F)cccc1F. The Balaban J connectivity index is 1.85. The normalized spacial score (nSPS) is 19.1. The number of hydrogen-bond donors (Lipinski definition) is 0. The van der Waals surface area contributed by atoms with Gasteiger partial charge in [-0.25, -0.2) is 13.8 Å². The van der Waals surface area contributed by atoms with Crippen LogP contribution in [0.1, 0.15) is 19.4 Å². The molecule has 1 amide bonds. The lowest BCUT2D eigenvalue weighted by Gasteiger charge is -2.44. The van der Waals surface area contributed by atoms with Gasteiger partial charge in [0.25, 0.3) is 5.91 Å². The van der Waals surface area contributed by atoms with Gasteiger partial charge in [0, 0.05) is 18.7 Å². The second-order valence-electron chi connectivity index (χ2n) is 6.99. The first kappa shape index (κ1) is 18.5. The van der Waals surface area contributed by atoms with Crippen molar-refractivity contribution in [1.29, 1.82) is 0 Å². The largest absolute Gasteiger partial charge is 0.352 e. The summed E-state index contributed by atoms with van der Waals surface area (Å²) in [4.78, 5) is 24.0. The van der Waals surface area contributed by atoms with Gasteiger partial charge < -0.3 is 4.90 Å². The van der Waals surface area contributed by atoms with Crippen molar-refractivity contribution < 1.29 is 18.4 Å². The molecule has 0 spiro atoms. The Hall–Kier alpha value is -2.87. The number of likely N-dealkylation sites (N-methyl/N-ethyl adjacent to an activating group) is 1. The number of carbonyl (C=O) groups excluding carboxylic acids is 1. The zero-order valence-corrected chi connectivity index (χ0v) is 16.1. The van der Waals surface area contributed by atoms with Crippen molar-refractivity contribution in [3.63, 3.8) is 0 Å². The highest BCUT2D eigenvalue weighted by molar-refractivity contribution is 5.96. The summed E-state index contributed by atoms with van der Waals surface area (Å²) in [5.74, 6) is -0.807. The van der Waals surface area contributed by atoms with E-state index in [-0.39, 0.29) is 18.0 Å². The molecule has 0 atom stereocenters. The molecular weight excluding hydrogens is 366 g/mol. The molecule has 0 bridgehead atoms. The van der Waals surface area contributed by atoms with E-state index in [1.807, 2.05) is 24.8 Å². The lowest BCUT2D eigenvalue weighted by molar-refractivity contribution is -0.129. The summed E-state index contributed by atoms with van der Waals surface area (Å²) in [6, 6.07) is 3.73. The van der Waals surface area contributed by atoms with E-state index in [1.165, 1.54) is 30.2 Å². The first-order valence-electron chi connectivity index (χ1n) is 9.15. The first-order chi connectivity index (χ1) is 13.4. The van der Waals surface area contributed by atoms with Crippen molar-refractivity contribution in [2.24, 2.45) is 0 Å². The molecule has 3 aliphatic heterocycles. The van der Waals surface area contributed by atoms with E-state index in [1.54, 1.807) is 11.3 Å². The molecule has 0 aromatic heterocycles. The molecule has 0 unspecified atom stereocenters. The summed E-state index contributed by atoms with van der Waals surface area (Å²) in [5.41, 5.74) is 2.01. The maximum absolute atomic E-state index is 14.3. The average Bonchev–Trinajstić information content (AvgIpc) is 3.11. The highest BCUT2D eigenvalue weighted by atomic mass is 19.1. The molecular formula is C20H22F2N4O2. The number of hydroxylamine groups is 2. The molecule has 4 rings (SSSR count). The van der Waals surface area contributed by atoms with Gasteiger partial charge in [-0.1, -0.05) is 11.6 Å². The van der Waals surface area contributed by atoms with Gasteiger partial charge in [-0.15, -0.1) is 0 Å². The van der Waals surface area contributed by atoms with Crippen LogP contribution in [0.3, 0.4) is 0 Å². The van der Waals surface area contributed by atoms with Gasteiger partial charge in [0.05, 0.1) is 25.6 Å². The van der Waals surface area contributed by atoms with E-state index in [4.69, 9.17) is 4.84 Å². The van der Waals surface area contributed by atoms with Crippen LogP contribution in [0.2, 0.25) is 0 Å². The van der Waals surface area contributed by atoms with Crippen LogP contribution in [0.15, 0.2) is 53.3 Å². The zero-order valence-electron chi connectivity index (χ0n) is 16.1. The molecule has 0 fully saturated rings. The van der Waals surface area contributed by atoms with Crippen LogP contribution < -0.4 is 0 Å². The smallest absolute Gasteiger partial charge is 0.277 e. The number of carbonyl (C=O) groups is 1. The fourth-order valence-electron chi connectivity index (χ4n) is 3.82. The van der Waals surface area contributed by atoms with E-state index < -0.39 is 11.6 Å². The van der Waals surface area contributed by atoms with E-state index in [2.05, 4.69) is 4.90 Å². The maximum Gasteiger partial charge on any atom is 0.277 e. The number of rotatable bonds is 4. The number of amides is 1. The fraction of sp³-hybridized carbons (Fsp3) is 0.350. The Bertz CT molecular complexity index is 905. The van der Waals surface area contributed by atoms with Crippen molar-refractivity contribution in [2.75, 3.05) is 26.9 Å². The van der Waals surface area contributed by atoms with Crippen molar-refractivity contribution in [2.45, 2.75) is 20.4 Å². The van der Waals surface area contributed by atoms with Crippen LogP contribution in [0, 0.1) is 11.6 Å². The monoisotopic (exact) mass is 388 g/mol. The Morgan fingerprint density at radius 1 is 1.21 bits per heavy atom. The van der Waals surface area contributed by atoms with Gasteiger partial charge in [0.1, 0.15) is 29.8 Å². The second kappa shape index (κ2) is 6.94. The molecule has 0 aliphatic carbocycles. The van der Waals surface area contributed by atoms with Crippen molar-refractivity contribution in [3.8, 4) is 0 Å². The molecule has 28 heavy (non-hydrogen) atoms. The number of hydrogen-bond acceptors (Lipinski definition) is 5. The van der Waals surface area contributed by atoms with Gasteiger partial charge in [-0.05, 0) is 32.1 Å². The Kier molecular flexibility index (Phi) is 4.58. The Morgan fingerprint density at radius 2 is 1.93 bits per heavy atom. The molecule has 148 valence electrons. The molecule has 1 aromatic carbocycles. The molecule has 0 radical (unpaired) electrons. The molecule has 3 aliphatic rings. The number of benzene rings is 1. The highest BCUT2D eigenvalue weighted by Gasteiger charge is 2.42. The molecule has 0 N–H and O–H groups in total. The zero-order chi connectivity index (χ0) is 20.0. The van der Waals surface area contributed by atoms with Gasteiger partial charge in [-0.3, -0.25) is 19.4 Å². The number of fused-ring (bicyclic) bond motifs is 2. The minimum Gasteiger partial charge on any atom is -0.352 e. The number of allylic oxidation sites excluding steroid dienone is 1. The summed E-state index contributed by atoms with van der Waals surface area (Å²) in [7, 11) is 1.53. The van der Waals surface area contributed by atoms with Crippen LogP contribution in [0.4, 0.5) is 8.78 Å². The van der Waals surface area contributed by atoms with Gasteiger partial charge in [0.2, 0.25) is 0 Å². The third-order valence-electron chi connectivity index (χ3n) is 5.19. The van der Waals surface area contributed by atoms with Crippen LogP contribution in [-0.4, -0.2) is 52.5 Å². The van der Waals surface area contributed by atoms with E-state index >= 15 is 0 Å². The lowest BCUT2D eigenvalue weighted by atomic mass is 10.1. The molecule has 8 heteroatoms. The molecule has 1 aromatic rings. The molecule has 6 nitrogen and oxygen atoms in total. The quantitative estimate of drug-likeness (QED) is 0.793. The minimum absolute atomic E-state index is 0.127. The molecule has 0 saturated carbocycles. The van der Waals surface area contributed by atoms with E-state index in [0.717, 1.165) is 24.5 Å². The lowest BCUT2D eigenvalue weighted by Crippen LogP contribution is -2.49. The molecule has 0 saturated heterocycles. The fourth-order valence-corrected chi connectivity index (χ4v) is 3.82.